The molecule has 15 nitrogen and oxygen atoms in total. The largest absolute Gasteiger partial charge is 0.463 e. The number of hydrogen-bond donors (Lipinski definition) is 0. The summed E-state index contributed by atoms with van der Waals surface area (Å²) in [6.07, 6.45) is -8.44. The summed E-state index contributed by atoms with van der Waals surface area (Å²) in [6.45, 7) is 11.9. The predicted octanol–water partition coefficient (Wildman–Crippen LogP) is 0.640. The molecule has 5 heterocycles. The molecular weight excluding hydrogens is 552 g/mol. The van der Waals surface area contributed by atoms with Gasteiger partial charge in [0.15, 0.2) is 42.5 Å². The third kappa shape index (κ3) is 6.53. The minimum Gasteiger partial charge on any atom is -0.463 e. The molecule has 5 rings (SSSR count). The van der Waals surface area contributed by atoms with Crippen molar-refractivity contribution in [1.29, 1.82) is 0 Å². The number of fused-ring (bicyclic) bond motifs is 4. The maximum atomic E-state index is 12.0. The summed E-state index contributed by atoms with van der Waals surface area (Å²) in [6, 6.07) is 0. The van der Waals surface area contributed by atoms with Crippen LogP contribution in [0.3, 0.4) is 0 Å². The van der Waals surface area contributed by atoms with Gasteiger partial charge in [0.05, 0.1) is 6.61 Å². The Hall–Kier alpha value is -1.95. The highest BCUT2D eigenvalue weighted by Gasteiger charge is 2.63. The predicted molar refractivity (Wildman–Crippen MR) is 129 cm³/mol. The summed E-state index contributed by atoms with van der Waals surface area (Å²) in [5.41, 5.74) is 0. The standard InChI is InChI=1S/C26H38O15/c1-11(27)30-9-14-16(32-12(2)28)18(33-13(3)29)20-23(34-14)41-26(8,39-20)31-10-15-17-19(37-24(4,5)36-17)21-22(35-15)40-25(6,7)38-21/h14-23H,9-10H2,1-8H3/t14-,15-,16-,17+,18+,19+,20-,21-,22-,23-,26?/m1/s1. The molecule has 5 fully saturated rings. The molecule has 1 unspecified atom stereocenters. The van der Waals surface area contributed by atoms with Crippen molar-refractivity contribution in [3.63, 3.8) is 0 Å². The van der Waals surface area contributed by atoms with Crippen molar-refractivity contribution in [3.8, 4) is 0 Å². The maximum absolute atomic E-state index is 12.0. The highest BCUT2D eigenvalue weighted by atomic mass is 16.9. The molecule has 5 aliphatic heterocycles. The van der Waals surface area contributed by atoms with Gasteiger partial charge in [0, 0.05) is 27.7 Å². The van der Waals surface area contributed by atoms with Gasteiger partial charge in [-0.2, -0.15) is 0 Å². The fourth-order valence-corrected chi connectivity index (χ4v) is 5.71. The highest BCUT2D eigenvalue weighted by Crippen LogP contribution is 2.45. The van der Waals surface area contributed by atoms with Crippen LogP contribution in [0.25, 0.3) is 0 Å². The molecule has 0 radical (unpaired) electrons. The first kappa shape index (κ1) is 30.5. The zero-order valence-corrected chi connectivity index (χ0v) is 24.3. The van der Waals surface area contributed by atoms with E-state index in [1.807, 2.05) is 0 Å². The number of carbonyl (C=O) groups excluding carboxylic acids is 3. The first-order valence-corrected chi connectivity index (χ1v) is 13.5. The monoisotopic (exact) mass is 590 g/mol. The van der Waals surface area contributed by atoms with Crippen LogP contribution in [0.5, 0.6) is 0 Å². The molecule has 0 saturated carbocycles. The lowest BCUT2D eigenvalue weighted by Gasteiger charge is -2.40. The Morgan fingerprint density at radius 2 is 1.15 bits per heavy atom. The van der Waals surface area contributed by atoms with Gasteiger partial charge in [0.1, 0.15) is 37.1 Å². The van der Waals surface area contributed by atoms with Crippen molar-refractivity contribution in [2.75, 3.05) is 13.2 Å². The highest BCUT2D eigenvalue weighted by molar-refractivity contribution is 5.68. The second-order valence-electron chi connectivity index (χ2n) is 11.6. The normalized spacial score (nSPS) is 43.9. The van der Waals surface area contributed by atoms with E-state index in [-0.39, 0.29) is 13.2 Å². The SMILES string of the molecule is CC(=O)OC[C@H]1O[C@@H]2OC(C)(OC[C@H]3O[C@@H]4OC(C)(C)O[C@@H]4[C@H]4OC(C)(C)O[C@H]43)O[C@@H]2[C@@H](OC(C)=O)[C@@H]1OC(C)=O. The van der Waals surface area contributed by atoms with Gasteiger partial charge in [0.2, 0.25) is 0 Å². The van der Waals surface area contributed by atoms with E-state index < -0.39 is 96.9 Å². The summed E-state index contributed by atoms with van der Waals surface area (Å²) >= 11 is 0. The number of carbonyl (C=O) groups is 3. The van der Waals surface area contributed by atoms with Gasteiger partial charge in [-0.05, 0) is 27.7 Å². The second-order valence-corrected chi connectivity index (χ2v) is 11.6. The van der Waals surface area contributed by atoms with Crippen LogP contribution in [-0.2, 0) is 71.2 Å². The molecule has 0 aromatic rings. The van der Waals surface area contributed by atoms with E-state index in [0.717, 1.165) is 0 Å². The Bertz CT molecular complexity index is 1030. The van der Waals surface area contributed by atoms with Crippen LogP contribution in [0, 0.1) is 0 Å². The summed E-state index contributed by atoms with van der Waals surface area (Å²) in [4.78, 5) is 35.4. The Labute approximate surface area is 237 Å². The van der Waals surface area contributed by atoms with Gasteiger partial charge in [-0.25, -0.2) is 0 Å². The van der Waals surface area contributed by atoms with Crippen LogP contribution in [0.2, 0.25) is 0 Å². The molecule has 5 aliphatic rings. The Kier molecular flexibility index (Phi) is 8.15. The minimum absolute atomic E-state index is 0.0773. The molecule has 5 saturated heterocycles. The number of ether oxygens (including phenoxy) is 12. The molecule has 0 N–H and O–H groups in total. The summed E-state index contributed by atoms with van der Waals surface area (Å²) in [7, 11) is 0. The smallest absolute Gasteiger partial charge is 0.303 e. The van der Waals surface area contributed by atoms with Gasteiger partial charge in [-0.3, -0.25) is 19.1 Å². The molecule has 41 heavy (non-hydrogen) atoms. The lowest BCUT2D eigenvalue weighted by Crippen LogP contribution is -2.60. The molecule has 0 aliphatic carbocycles. The van der Waals surface area contributed by atoms with E-state index in [2.05, 4.69) is 0 Å². The molecule has 232 valence electrons. The van der Waals surface area contributed by atoms with Crippen LogP contribution in [-0.4, -0.2) is 110 Å². The van der Waals surface area contributed by atoms with Gasteiger partial charge in [-0.1, -0.05) is 0 Å². The van der Waals surface area contributed by atoms with Crippen LogP contribution in [0.4, 0.5) is 0 Å². The van der Waals surface area contributed by atoms with E-state index in [9.17, 15) is 14.4 Å². The van der Waals surface area contributed by atoms with Crippen LogP contribution < -0.4 is 0 Å². The maximum Gasteiger partial charge on any atom is 0.303 e. The fourth-order valence-electron chi connectivity index (χ4n) is 5.71. The first-order valence-electron chi connectivity index (χ1n) is 13.5. The summed E-state index contributed by atoms with van der Waals surface area (Å²) in [5, 5.41) is 0. The van der Waals surface area contributed by atoms with Gasteiger partial charge in [-0.15, -0.1) is 0 Å². The first-order chi connectivity index (χ1) is 19.0. The summed E-state index contributed by atoms with van der Waals surface area (Å²) in [5.74, 6) is -5.37. The summed E-state index contributed by atoms with van der Waals surface area (Å²) < 4.78 is 70.6. The van der Waals surface area contributed by atoms with E-state index in [1.54, 1.807) is 27.7 Å². The van der Waals surface area contributed by atoms with Crippen molar-refractivity contribution < 1.29 is 71.2 Å². The van der Waals surface area contributed by atoms with E-state index in [0.29, 0.717) is 0 Å². The Morgan fingerprint density at radius 1 is 0.585 bits per heavy atom. The average molecular weight is 591 g/mol. The van der Waals surface area contributed by atoms with E-state index >= 15 is 0 Å². The van der Waals surface area contributed by atoms with Crippen molar-refractivity contribution >= 4 is 17.9 Å². The minimum atomic E-state index is -1.71. The third-order valence-corrected chi connectivity index (χ3v) is 7.09. The zero-order chi connectivity index (χ0) is 29.9. The van der Waals surface area contributed by atoms with E-state index in [1.165, 1.54) is 27.7 Å². The number of esters is 3. The van der Waals surface area contributed by atoms with Crippen molar-refractivity contribution in [1.82, 2.24) is 0 Å². The van der Waals surface area contributed by atoms with Crippen molar-refractivity contribution in [2.45, 2.75) is 134 Å². The molecule has 0 amide bonds. The molecule has 11 atom stereocenters. The topological polar surface area (TPSA) is 162 Å². The van der Waals surface area contributed by atoms with E-state index in [4.69, 9.17) is 56.8 Å². The lowest BCUT2D eigenvalue weighted by atomic mass is 9.98. The molecule has 15 heteroatoms. The van der Waals surface area contributed by atoms with Gasteiger partial charge in [0.25, 0.3) is 5.97 Å². The van der Waals surface area contributed by atoms with Crippen molar-refractivity contribution in [3.05, 3.63) is 0 Å². The number of rotatable bonds is 7. The zero-order valence-electron chi connectivity index (χ0n) is 24.3. The van der Waals surface area contributed by atoms with Crippen LogP contribution >= 0.6 is 0 Å². The third-order valence-electron chi connectivity index (χ3n) is 7.09. The molecule has 0 spiro atoms. The van der Waals surface area contributed by atoms with Crippen molar-refractivity contribution in [2.24, 2.45) is 0 Å². The Morgan fingerprint density at radius 3 is 1.80 bits per heavy atom. The van der Waals surface area contributed by atoms with Gasteiger partial charge >= 0.3 is 17.9 Å². The lowest BCUT2D eigenvalue weighted by molar-refractivity contribution is -0.358. The molecule has 0 aromatic heterocycles. The number of hydrogen-bond acceptors (Lipinski definition) is 15. The fraction of sp³-hybridized carbons (Fsp3) is 0.885. The molecular formula is C26H38O15. The van der Waals surface area contributed by atoms with Gasteiger partial charge < -0.3 is 52.1 Å². The molecule has 0 bridgehead atoms. The van der Waals surface area contributed by atoms with Crippen LogP contribution in [0.1, 0.15) is 55.4 Å². The Balaban J connectivity index is 1.31. The molecule has 0 aromatic carbocycles. The van der Waals surface area contributed by atoms with Crippen LogP contribution in [0.15, 0.2) is 0 Å². The quantitative estimate of drug-likeness (QED) is 0.300. The average Bonchev–Trinajstić information content (AvgIpc) is 3.45. The second kappa shape index (κ2) is 11.0.